The zero-order chi connectivity index (χ0) is 13.8. The Hall–Kier alpha value is -0.840. The summed E-state index contributed by atoms with van der Waals surface area (Å²) in [6, 6.07) is 8.41. The lowest BCUT2D eigenvalue weighted by molar-refractivity contribution is -0.147. The minimum absolute atomic E-state index is 0.328. The lowest BCUT2D eigenvalue weighted by Crippen LogP contribution is -2.25. The Morgan fingerprint density at radius 3 is 2.80 bits per heavy atom. The van der Waals surface area contributed by atoms with Gasteiger partial charge in [-0.3, -0.25) is 0 Å². The first-order chi connectivity index (χ1) is 9.75. The maximum absolute atomic E-state index is 5.61. The van der Waals surface area contributed by atoms with Crippen LogP contribution >= 0.6 is 11.8 Å². The van der Waals surface area contributed by atoms with Gasteiger partial charge in [0.25, 0.3) is 0 Å². The fraction of sp³-hybridized carbons (Fsp3) is 0.562. The molecule has 20 heavy (non-hydrogen) atoms. The monoisotopic (exact) mass is 291 g/mol. The van der Waals surface area contributed by atoms with Gasteiger partial charge in [0.15, 0.2) is 5.79 Å². The molecule has 0 bridgehead atoms. The van der Waals surface area contributed by atoms with Crippen molar-refractivity contribution >= 4 is 22.5 Å². The number of ether oxygens (including phenoxy) is 2. The molecule has 0 aromatic heterocycles. The maximum Gasteiger partial charge on any atom is 0.165 e. The Labute approximate surface area is 124 Å². The summed E-state index contributed by atoms with van der Waals surface area (Å²) in [5.41, 5.74) is 2.51. The zero-order valence-electron chi connectivity index (χ0n) is 11.9. The molecule has 2 aliphatic heterocycles. The first kappa shape index (κ1) is 14.1. The number of hydrogen-bond donors (Lipinski definition) is 0. The van der Waals surface area contributed by atoms with Crippen LogP contribution in [0.1, 0.15) is 31.7 Å². The Morgan fingerprint density at radius 1 is 1.20 bits per heavy atom. The molecule has 0 saturated carbocycles. The fourth-order valence-electron chi connectivity index (χ4n) is 2.63. The molecule has 0 unspecified atom stereocenters. The largest absolute Gasteiger partial charge is 0.348 e. The van der Waals surface area contributed by atoms with E-state index in [0.717, 1.165) is 43.9 Å². The summed E-state index contributed by atoms with van der Waals surface area (Å²) in [5.74, 6) is 0.800. The summed E-state index contributed by atoms with van der Waals surface area (Å²) in [6.07, 6.45) is 4.32. The van der Waals surface area contributed by atoms with E-state index < -0.39 is 0 Å². The molecule has 4 heteroatoms. The van der Waals surface area contributed by atoms with Crippen molar-refractivity contribution in [1.82, 2.24) is 0 Å². The van der Waals surface area contributed by atoms with Crippen LogP contribution in [0.3, 0.4) is 0 Å². The number of benzene rings is 1. The molecule has 0 aliphatic carbocycles. The number of nitrogens with zero attached hydrogens (tertiary/aromatic N) is 1. The molecule has 1 aromatic rings. The van der Waals surface area contributed by atoms with Crippen molar-refractivity contribution in [2.45, 2.75) is 38.4 Å². The second-order valence-electron chi connectivity index (χ2n) is 5.45. The standard InChI is InChI=1S/C16H21NO2S/c1-16(18-9-10-19-16)8-4-5-11-20-15-12-13-6-2-3-7-14(13)17-15/h2-3,6-7H,4-5,8-12H2,1H3. The van der Waals surface area contributed by atoms with E-state index in [-0.39, 0.29) is 5.79 Å². The molecule has 0 radical (unpaired) electrons. The number of para-hydroxylation sites is 1. The van der Waals surface area contributed by atoms with Crippen molar-refractivity contribution in [3.05, 3.63) is 29.8 Å². The van der Waals surface area contributed by atoms with Crippen LogP contribution in [0.2, 0.25) is 0 Å². The van der Waals surface area contributed by atoms with Crippen LogP contribution in [0, 0.1) is 0 Å². The number of fused-ring (bicyclic) bond motifs is 1. The van der Waals surface area contributed by atoms with Gasteiger partial charge in [-0.05, 0) is 37.1 Å². The van der Waals surface area contributed by atoms with Gasteiger partial charge in [0, 0.05) is 12.8 Å². The topological polar surface area (TPSA) is 30.8 Å². The molecule has 3 nitrogen and oxygen atoms in total. The first-order valence-corrected chi connectivity index (χ1v) is 8.30. The third-order valence-electron chi connectivity index (χ3n) is 3.77. The van der Waals surface area contributed by atoms with Gasteiger partial charge in [0.05, 0.1) is 23.9 Å². The molecule has 0 spiro atoms. The van der Waals surface area contributed by atoms with Crippen LogP contribution in [-0.4, -0.2) is 29.8 Å². The van der Waals surface area contributed by atoms with Crippen molar-refractivity contribution in [1.29, 1.82) is 0 Å². The molecule has 108 valence electrons. The van der Waals surface area contributed by atoms with E-state index in [9.17, 15) is 0 Å². The Balaban J connectivity index is 1.35. The summed E-state index contributed by atoms with van der Waals surface area (Å²) in [4.78, 5) is 4.67. The molecular weight excluding hydrogens is 270 g/mol. The highest BCUT2D eigenvalue weighted by atomic mass is 32.2. The SMILES string of the molecule is CC1(CCCCSC2=Nc3ccccc3C2)OCCO1. The summed E-state index contributed by atoms with van der Waals surface area (Å²) < 4.78 is 11.2. The molecule has 3 rings (SSSR count). The molecule has 2 aliphatic rings. The third-order valence-corrected chi connectivity index (χ3v) is 4.83. The Bertz CT molecular complexity index is 495. The molecule has 2 heterocycles. The predicted molar refractivity (Wildman–Crippen MR) is 83.9 cm³/mol. The minimum Gasteiger partial charge on any atom is -0.348 e. The van der Waals surface area contributed by atoms with Gasteiger partial charge in [0.2, 0.25) is 0 Å². The maximum atomic E-state index is 5.61. The van der Waals surface area contributed by atoms with Gasteiger partial charge >= 0.3 is 0 Å². The lowest BCUT2D eigenvalue weighted by Gasteiger charge is -2.21. The van der Waals surface area contributed by atoms with Gasteiger partial charge in [-0.15, -0.1) is 11.8 Å². The molecule has 1 saturated heterocycles. The number of rotatable bonds is 5. The predicted octanol–water partition coefficient (Wildman–Crippen LogP) is 3.94. The first-order valence-electron chi connectivity index (χ1n) is 7.31. The van der Waals surface area contributed by atoms with Crippen molar-refractivity contribution < 1.29 is 9.47 Å². The summed E-state index contributed by atoms with van der Waals surface area (Å²) in [7, 11) is 0. The van der Waals surface area contributed by atoms with E-state index in [1.165, 1.54) is 17.0 Å². The Kier molecular flexibility index (Phi) is 4.44. The van der Waals surface area contributed by atoms with Crippen LogP contribution < -0.4 is 0 Å². The fourth-order valence-corrected chi connectivity index (χ4v) is 3.63. The van der Waals surface area contributed by atoms with Crippen LogP contribution in [0.4, 0.5) is 5.69 Å². The van der Waals surface area contributed by atoms with Gasteiger partial charge in [0.1, 0.15) is 0 Å². The number of thioether (sulfide) groups is 1. The van der Waals surface area contributed by atoms with E-state index in [1.54, 1.807) is 0 Å². The van der Waals surface area contributed by atoms with E-state index in [1.807, 2.05) is 18.7 Å². The van der Waals surface area contributed by atoms with Gasteiger partial charge in [-0.2, -0.15) is 0 Å². The number of unbranched alkanes of at least 4 members (excludes halogenated alkanes) is 1. The summed E-state index contributed by atoms with van der Waals surface area (Å²) in [5, 5.41) is 1.26. The normalized spacial score (nSPS) is 19.9. The van der Waals surface area contributed by atoms with Gasteiger partial charge in [-0.25, -0.2) is 4.99 Å². The number of hydrogen-bond acceptors (Lipinski definition) is 4. The van der Waals surface area contributed by atoms with Crippen LogP contribution in [0.15, 0.2) is 29.3 Å². The van der Waals surface area contributed by atoms with Crippen molar-refractivity contribution in [2.24, 2.45) is 4.99 Å². The van der Waals surface area contributed by atoms with E-state index in [0.29, 0.717) is 0 Å². The highest BCUT2D eigenvalue weighted by Crippen LogP contribution is 2.30. The van der Waals surface area contributed by atoms with E-state index >= 15 is 0 Å². The van der Waals surface area contributed by atoms with Crippen LogP contribution in [0.5, 0.6) is 0 Å². The average molecular weight is 291 g/mol. The van der Waals surface area contributed by atoms with Crippen LogP contribution in [-0.2, 0) is 15.9 Å². The molecule has 0 amide bonds. The van der Waals surface area contributed by atoms with Gasteiger partial charge in [-0.1, -0.05) is 18.2 Å². The lowest BCUT2D eigenvalue weighted by atomic mass is 10.1. The van der Waals surface area contributed by atoms with Gasteiger partial charge < -0.3 is 9.47 Å². The summed E-state index contributed by atoms with van der Waals surface area (Å²) >= 11 is 1.89. The number of aliphatic imine (C=N–C) groups is 1. The molecule has 1 fully saturated rings. The van der Waals surface area contributed by atoms with Crippen LogP contribution in [0.25, 0.3) is 0 Å². The summed E-state index contributed by atoms with van der Waals surface area (Å²) in [6.45, 7) is 3.52. The third kappa shape index (κ3) is 3.43. The molecular formula is C16H21NO2S. The zero-order valence-corrected chi connectivity index (χ0v) is 12.7. The smallest absolute Gasteiger partial charge is 0.165 e. The van der Waals surface area contributed by atoms with E-state index in [4.69, 9.17) is 9.47 Å². The average Bonchev–Trinajstić information content (AvgIpc) is 3.04. The second kappa shape index (κ2) is 6.29. The minimum atomic E-state index is -0.328. The Morgan fingerprint density at radius 2 is 2.00 bits per heavy atom. The van der Waals surface area contributed by atoms with Crippen molar-refractivity contribution in [3.63, 3.8) is 0 Å². The molecule has 0 atom stereocenters. The quantitative estimate of drug-likeness (QED) is 0.770. The molecule has 1 aromatic carbocycles. The highest BCUT2D eigenvalue weighted by molar-refractivity contribution is 8.14. The van der Waals surface area contributed by atoms with Crippen molar-refractivity contribution in [3.8, 4) is 0 Å². The van der Waals surface area contributed by atoms with E-state index in [2.05, 4.69) is 29.3 Å². The second-order valence-corrected chi connectivity index (χ2v) is 6.62. The van der Waals surface area contributed by atoms with Crippen molar-refractivity contribution in [2.75, 3.05) is 19.0 Å². The highest BCUT2D eigenvalue weighted by Gasteiger charge is 2.29. The molecule has 0 N–H and O–H groups in total.